The molecule has 2 heterocycles. The third-order valence-electron chi connectivity index (χ3n) is 11.0. The first-order valence-corrected chi connectivity index (χ1v) is 18.8. The van der Waals surface area contributed by atoms with Crippen LogP contribution in [0.25, 0.3) is 82.5 Å². The molecule has 0 amide bonds. The Morgan fingerprint density at radius 2 is 0.945 bits per heavy atom. The zero-order valence-corrected chi connectivity index (χ0v) is 29.9. The Kier molecular flexibility index (Phi) is 7.17. The second-order valence-electron chi connectivity index (χ2n) is 14.2. The summed E-state index contributed by atoms with van der Waals surface area (Å²) in [5.74, 6) is 0. The molecule has 0 fully saturated rings. The second kappa shape index (κ2) is 12.6. The molecule has 0 bridgehead atoms. The summed E-state index contributed by atoms with van der Waals surface area (Å²) in [6.07, 6.45) is 0. The van der Waals surface area contributed by atoms with Crippen LogP contribution in [0, 0.1) is 0 Å². The number of para-hydroxylation sites is 3. The molecule has 3 nitrogen and oxygen atoms in total. The van der Waals surface area contributed by atoms with E-state index in [9.17, 15) is 0 Å². The van der Waals surface area contributed by atoms with Crippen LogP contribution in [0.4, 0.5) is 17.1 Å². The maximum Gasteiger partial charge on any atom is 0.136 e. The minimum atomic E-state index is 0.897. The lowest BCUT2D eigenvalue weighted by Crippen LogP contribution is -2.10. The highest BCUT2D eigenvalue weighted by Crippen LogP contribution is 2.42. The van der Waals surface area contributed by atoms with Crippen molar-refractivity contribution in [3.05, 3.63) is 206 Å². The maximum atomic E-state index is 6.27. The van der Waals surface area contributed by atoms with Crippen LogP contribution in [0.2, 0.25) is 0 Å². The first kappa shape index (κ1) is 31.2. The van der Waals surface area contributed by atoms with Crippen molar-refractivity contribution < 1.29 is 4.42 Å². The number of fused-ring (bicyclic) bond motifs is 7. The summed E-state index contributed by atoms with van der Waals surface area (Å²) in [7, 11) is 0. The number of anilines is 3. The minimum Gasteiger partial charge on any atom is -0.456 e. The molecule has 0 N–H and O–H groups in total. The molecule has 0 aliphatic heterocycles. The number of hydrogen-bond acceptors (Lipinski definition) is 2. The first-order valence-electron chi connectivity index (χ1n) is 18.8. The average Bonchev–Trinajstić information content (AvgIpc) is 3.80. The number of hydrogen-bond donors (Lipinski definition) is 0. The fraction of sp³-hybridized carbons (Fsp3) is 0. The van der Waals surface area contributed by atoms with E-state index in [-0.39, 0.29) is 0 Å². The molecule has 2 aromatic heterocycles. The van der Waals surface area contributed by atoms with Gasteiger partial charge in [0.25, 0.3) is 0 Å². The van der Waals surface area contributed by atoms with E-state index in [2.05, 4.69) is 204 Å². The maximum absolute atomic E-state index is 6.27. The lowest BCUT2D eigenvalue weighted by Gasteiger charge is -2.26. The summed E-state index contributed by atoms with van der Waals surface area (Å²) in [4.78, 5) is 2.36. The van der Waals surface area contributed by atoms with Gasteiger partial charge in [0.15, 0.2) is 0 Å². The molecule has 0 saturated carbocycles. The highest BCUT2D eigenvalue weighted by molar-refractivity contribution is 6.13. The molecule has 11 rings (SSSR count). The number of rotatable bonds is 6. The molecular formula is C52H34N2O. The van der Waals surface area contributed by atoms with E-state index in [0.717, 1.165) is 55.8 Å². The van der Waals surface area contributed by atoms with Crippen LogP contribution < -0.4 is 4.90 Å². The zero-order chi connectivity index (χ0) is 36.3. The quantitative estimate of drug-likeness (QED) is 0.172. The third-order valence-corrected chi connectivity index (χ3v) is 11.0. The second-order valence-corrected chi connectivity index (χ2v) is 14.2. The Bertz CT molecular complexity index is 3150. The van der Waals surface area contributed by atoms with Gasteiger partial charge in [-0.2, -0.15) is 0 Å². The molecule has 0 atom stereocenters. The van der Waals surface area contributed by atoms with Gasteiger partial charge < -0.3 is 13.9 Å². The van der Waals surface area contributed by atoms with Crippen molar-refractivity contribution >= 4 is 71.6 Å². The Balaban J connectivity index is 0.993. The van der Waals surface area contributed by atoms with E-state index >= 15 is 0 Å². The largest absolute Gasteiger partial charge is 0.456 e. The van der Waals surface area contributed by atoms with Crippen LogP contribution in [0.5, 0.6) is 0 Å². The Morgan fingerprint density at radius 3 is 1.71 bits per heavy atom. The van der Waals surface area contributed by atoms with Gasteiger partial charge in [0.2, 0.25) is 0 Å². The lowest BCUT2D eigenvalue weighted by molar-refractivity contribution is 0.669. The molecule has 0 radical (unpaired) electrons. The molecule has 55 heavy (non-hydrogen) atoms. The van der Waals surface area contributed by atoms with Gasteiger partial charge in [-0.25, -0.2) is 0 Å². The molecule has 9 aromatic carbocycles. The molecule has 0 aliphatic carbocycles. The van der Waals surface area contributed by atoms with Gasteiger partial charge >= 0.3 is 0 Å². The van der Waals surface area contributed by atoms with Gasteiger partial charge in [-0.1, -0.05) is 133 Å². The minimum absolute atomic E-state index is 0.897. The molecule has 258 valence electrons. The summed E-state index contributed by atoms with van der Waals surface area (Å²) < 4.78 is 8.63. The summed E-state index contributed by atoms with van der Waals surface area (Å²) in [5, 5.41) is 7.23. The van der Waals surface area contributed by atoms with E-state index in [0.29, 0.717) is 0 Å². The molecule has 11 aromatic rings. The van der Waals surface area contributed by atoms with Crippen molar-refractivity contribution in [2.75, 3.05) is 4.90 Å². The average molecular weight is 703 g/mol. The highest BCUT2D eigenvalue weighted by Gasteiger charge is 2.17. The topological polar surface area (TPSA) is 21.3 Å². The van der Waals surface area contributed by atoms with Crippen molar-refractivity contribution in [3.8, 4) is 27.9 Å². The molecule has 0 unspecified atom stereocenters. The first-order chi connectivity index (χ1) is 27.3. The highest BCUT2D eigenvalue weighted by atomic mass is 16.3. The van der Waals surface area contributed by atoms with E-state index in [4.69, 9.17) is 4.42 Å². The van der Waals surface area contributed by atoms with Crippen molar-refractivity contribution in [1.29, 1.82) is 0 Å². The smallest absolute Gasteiger partial charge is 0.136 e. The number of aromatic nitrogens is 1. The Labute approximate surface area is 318 Å². The van der Waals surface area contributed by atoms with Gasteiger partial charge in [-0.3, -0.25) is 0 Å². The number of furan rings is 1. The van der Waals surface area contributed by atoms with E-state index < -0.39 is 0 Å². The SMILES string of the molecule is c1cc(-c2cccc3oc4ccccc4c23)cc(N(c2ccc(-c3ccc(-n4c5ccccc5c5ccccc54)cc3)cc2)c2ccc3ccccc3c2)c1. The number of nitrogens with zero attached hydrogens (tertiary/aromatic N) is 2. The van der Waals surface area contributed by atoms with Crippen LogP contribution in [0.1, 0.15) is 0 Å². The predicted molar refractivity (Wildman–Crippen MR) is 231 cm³/mol. The summed E-state index contributed by atoms with van der Waals surface area (Å²) in [6.45, 7) is 0. The van der Waals surface area contributed by atoms with Crippen LogP contribution >= 0.6 is 0 Å². The molecule has 0 spiro atoms. The lowest BCUT2D eigenvalue weighted by atomic mass is 9.98. The van der Waals surface area contributed by atoms with E-state index in [1.54, 1.807) is 0 Å². The predicted octanol–water partition coefficient (Wildman–Crippen LogP) is 14.6. The van der Waals surface area contributed by atoms with Gasteiger partial charge in [-0.15, -0.1) is 0 Å². The molecular weight excluding hydrogens is 669 g/mol. The van der Waals surface area contributed by atoms with Gasteiger partial charge in [0.1, 0.15) is 11.2 Å². The van der Waals surface area contributed by atoms with Crippen molar-refractivity contribution in [1.82, 2.24) is 4.57 Å². The van der Waals surface area contributed by atoms with Crippen LogP contribution in [-0.4, -0.2) is 4.57 Å². The zero-order valence-electron chi connectivity index (χ0n) is 29.9. The molecule has 0 saturated heterocycles. The molecule has 3 heteroatoms. The Hall–Kier alpha value is -7.36. The van der Waals surface area contributed by atoms with Crippen molar-refractivity contribution in [2.45, 2.75) is 0 Å². The summed E-state index contributed by atoms with van der Waals surface area (Å²) in [5.41, 5.74) is 13.3. The summed E-state index contributed by atoms with van der Waals surface area (Å²) in [6, 6.07) is 74.0. The standard InChI is InChI=1S/C52H34N2O/c1-2-12-38-33-43(32-27-35(38)11-1)53(42-14-9-13-39(34-42)44-18-10-22-51-52(44)47-17-5-8-21-50(47)55-51)40-28-23-36(24-29-40)37-25-30-41(31-26-37)54-48-19-6-3-15-45(48)46-16-4-7-20-49(46)54/h1-34H. The number of benzene rings is 9. The van der Waals surface area contributed by atoms with E-state index in [1.165, 1.54) is 43.7 Å². The molecule has 0 aliphatic rings. The van der Waals surface area contributed by atoms with Crippen molar-refractivity contribution in [3.63, 3.8) is 0 Å². The fourth-order valence-electron chi connectivity index (χ4n) is 8.40. The van der Waals surface area contributed by atoms with E-state index in [1.807, 2.05) is 12.1 Å². The monoisotopic (exact) mass is 702 g/mol. The Morgan fingerprint density at radius 1 is 0.364 bits per heavy atom. The summed E-state index contributed by atoms with van der Waals surface area (Å²) >= 11 is 0. The fourth-order valence-corrected chi connectivity index (χ4v) is 8.40. The normalized spacial score (nSPS) is 11.6. The third kappa shape index (κ3) is 5.20. The van der Waals surface area contributed by atoms with Crippen LogP contribution in [0.15, 0.2) is 211 Å². The van der Waals surface area contributed by atoms with Crippen LogP contribution in [-0.2, 0) is 0 Å². The van der Waals surface area contributed by atoms with Gasteiger partial charge in [-0.05, 0) is 106 Å². The van der Waals surface area contributed by atoms with Crippen molar-refractivity contribution in [2.24, 2.45) is 0 Å². The van der Waals surface area contributed by atoms with Gasteiger partial charge in [0, 0.05) is 44.3 Å². The van der Waals surface area contributed by atoms with Gasteiger partial charge in [0.05, 0.1) is 11.0 Å². The van der Waals surface area contributed by atoms with Crippen LogP contribution in [0.3, 0.4) is 0 Å².